The van der Waals surface area contributed by atoms with E-state index in [2.05, 4.69) is 34.6 Å². The highest BCUT2D eigenvalue weighted by Gasteiger charge is 2.22. The van der Waals surface area contributed by atoms with Crippen LogP contribution in [0.2, 0.25) is 0 Å². The van der Waals surface area contributed by atoms with Crippen LogP contribution in [0.3, 0.4) is 0 Å². The maximum atomic E-state index is 12.4. The third kappa shape index (κ3) is 8.73. The first-order valence-corrected chi connectivity index (χ1v) is 8.43. The second-order valence-electron chi connectivity index (χ2n) is 6.94. The van der Waals surface area contributed by atoms with Gasteiger partial charge in [0.05, 0.1) is 0 Å². The van der Waals surface area contributed by atoms with Crippen LogP contribution in [0.4, 0.5) is 0 Å². The Balaban J connectivity index is 4.26. The molecule has 0 aliphatic carbocycles. The number of hydrogen-bond acceptors (Lipinski definition) is 2. The van der Waals surface area contributed by atoms with Crippen LogP contribution in [0.5, 0.6) is 0 Å². The summed E-state index contributed by atoms with van der Waals surface area (Å²) in [4.78, 5) is 12.4. The number of carbonyl (C=O) groups excluding carboxylic acids is 1. The molecule has 0 saturated heterocycles. The lowest BCUT2D eigenvalue weighted by molar-refractivity contribution is -0.124. The van der Waals surface area contributed by atoms with Crippen molar-refractivity contribution in [2.24, 2.45) is 23.7 Å². The van der Waals surface area contributed by atoms with Gasteiger partial charge in [-0.1, -0.05) is 47.5 Å². The van der Waals surface area contributed by atoms with Gasteiger partial charge in [-0.3, -0.25) is 4.79 Å². The van der Waals surface area contributed by atoms with Gasteiger partial charge in [-0.15, -0.1) is 0 Å². The standard InChI is InChI=1S/C18H36O2/c1-7-8-17(15(4)5)18(19)12-11-16(13-20-6)10-9-14(2)3/h14-17H,7-13H2,1-6H3. The maximum absolute atomic E-state index is 12.4. The zero-order valence-corrected chi connectivity index (χ0v) is 14.6. The van der Waals surface area contributed by atoms with Crippen molar-refractivity contribution in [3.63, 3.8) is 0 Å². The Morgan fingerprint density at radius 1 is 1.00 bits per heavy atom. The minimum Gasteiger partial charge on any atom is -0.384 e. The van der Waals surface area contributed by atoms with Gasteiger partial charge in [-0.05, 0) is 37.0 Å². The molecule has 0 aromatic rings. The second kappa shape index (κ2) is 11.3. The summed E-state index contributed by atoms with van der Waals surface area (Å²) in [6, 6.07) is 0. The van der Waals surface area contributed by atoms with Gasteiger partial charge >= 0.3 is 0 Å². The average molecular weight is 284 g/mol. The Labute approximate surface area is 126 Å². The summed E-state index contributed by atoms with van der Waals surface area (Å²) in [5, 5.41) is 0. The maximum Gasteiger partial charge on any atom is 0.136 e. The number of carbonyl (C=O) groups is 1. The Morgan fingerprint density at radius 2 is 1.65 bits per heavy atom. The molecule has 0 radical (unpaired) electrons. The Morgan fingerprint density at radius 3 is 2.10 bits per heavy atom. The van der Waals surface area contributed by atoms with E-state index < -0.39 is 0 Å². The SMILES string of the molecule is CCCC(C(=O)CCC(CCC(C)C)COC)C(C)C. The zero-order valence-electron chi connectivity index (χ0n) is 14.6. The summed E-state index contributed by atoms with van der Waals surface area (Å²) < 4.78 is 5.31. The van der Waals surface area contributed by atoms with Crippen LogP contribution < -0.4 is 0 Å². The van der Waals surface area contributed by atoms with Crippen molar-refractivity contribution in [1.29, 1.82) is 0 Å². The molecule has 0 aromatic heterocycles. The molecule has 0 heterocycles. The van der Waals surface area contributed by atoms with E-state index in [0.29, 0.717) is 17.6 Å². The monoisotopic (exact) mass is 284 g/mol. The number of ether oxygens (including phenoxy) is 1. The van der Waals surface area contributed by atoms with Crippen LogP contribution >= 0.6 is 0 Å². The summed E-state index contributed by atoms with van der Waals surface area (Å²) in [5.41, 5.74) is 0. The molecule has 0 bridgehead atoms. The fourth-order valence-corrected chi connectivity index (χ4v) is 2.82. The van der Waals surface area contributed by atoms with Crippen molar-refractivity contribution in [3.8, 4) is 0 Å². The first-order chi connectivity index (χ1) is 9.42. The molecule has 0 spiro atoms. The lowest BCUT2D eigenvalue weighted by Crippen LogP contribution is -2.21. The van der Waals surface area contributed by atoms with Crippen molar-refractivity contribution in [1.82, 2.24) is 0 Å². The van der Waals surface area contributed by atoms with Crippen LogP contribution in [0, 0.1) is 23.7 Å². The molecular formula is C18H36O2. The second-order valence-corrected chi connectivity index (χ2v) is 6.94. The van der Waals surface area contributed by atoms with Crippen LogP contribution in [-0.4, -0.2) is 19.5 Å². The minimum atomic E-state index is 0.258. The van der Waals surface area contributed by atoms with E-state index in [1.54, 1.807) is 7.11 Å². The van der Waals surface area contributed by atoms with Gasteiger partial charge in [-0.25, -0.2) is 0 Å². The molecule has 0 saturated carbocycles. The Kier molecular flexibility index (Phi) is 11.1. The molecule has 2 heteroatoms. The molecule has 120 valence electrons. The van der Waals surface area contributed by atoms with Gasteiger partial charge < -0.3 is 4.74 Å². The Bertz CT molecular complexity index is 246. The lowest BCUT2D eigenvalue weighted by Gasteiger charge is -2.21. The summed E-state index contributed by atoms with van der Waals surface area (Å²) >= 11 is 0. The first-order valence-electron chi connectivity index (χ1n) is 8.43. The Hall–Kier alpha value is -0.370. The molecule has 0 aromatic carbocycles. The predicted octanol–water partition coefficient (Wildman–Crippen LogP) is 5.11. The molecule has 0 rings (SSSR count). The van der Waals surface area contributed by atoms with Gasteiger partial charge in [0, 0.05) is 26.1 Å². The summed E-state index contributed by atoms with van der Waals surface area (Å²) in [6.45, 7) is 11.8. The molecule has 2 atom stereocenters. The van der Waals surface area contributed by atoms with Crippen molar-refractivity contribution in [2.75, 3.05) is 13.7 Å². The molecule has 0 fully saturated rings. The molecule has 2 unspecified atom stereocenters. The van der Waals surface area contributed by atoms with Crippen LogP contribution in [0.15, 0.2) is 0 Å². The normalized spacial score (nSPS) is 14.8. The summed E-state index contributed by atoms with van der Waals surface area (Å²) in [6.07, 6.45) is 6.27. The van der Waals surface area contributed by atoms with Gasteiger partial charge in [0.2, 0.25) is 0 Å². The number of methoxy groups -OCH3 is 1. The highest BCUT2D eigenvalue weighted by atomic mass is 16.5. The van der Waals surface area contributed by atoms with E-state index in [4.69, 9.17) is 4.74 Å². The third-order valence-corrected chi connectivity index (χ3v) is 4.17. The van der Waals surface area contributed by atoms with E-state index in [1.807, 2.05) is 0 Å². The van der Waals surface area contributed by atoms with E-state index in [0.717, 1.165) is 38.2 Å². The third-order valence-electron chi connectivity index (χ3n) is 4.17. The highest BCUT2D eigenvalue weighted by Crippen LogP contribution is 2.23. The van der Waals surface area contributed by atoms with Gasteiger partial charge in [0.25, 0.3) is 0 Å². The highest BCUT2D eigenvalue weighted by molar-refractivity contribution is 5.81. The fraction of sp³-hybridized carbons (Fsp3) is 0.944. The first kappa shape index (κ1) is 19.6. The lowest BCUT2D eigenvalue weighted by atomic mass is 9.84. The van der Waals surface area contributed by atoms with Crippen molar-refractivity contribution >= 4 is 5.78 Å². The van der Waals surface area contributed by atoms with E-state index in [-0.39, 0.29) is 5.92 Å². The largest absolute Gasteiger partial charge is 0.384 e. The number of rotatable bonds is 12. The molecule has 0 N–H and O–H groups in total. The van der Waals surface area contributed by atoms with Gasteiger partial charge in [0.15, 0.2) is 0 Å². The summed E-state index contributed by atoms with van der Waals surface area (Å²) in [7, 11) is 1.76. The molecular weight excluding hydrogens is 248 g/mol. The molecule has 20 heavy (non-hydrogen) atoms. The predicted molar refractivity (Wildman–Crippen MR) is 86.9 cm³/mol. The number of ketones is 1. The summed E-state index contributed by atoms with van der Waals surface area (Å²) in [5.74, 6) is 2.47. The average Bonchev–Trinajstić information content (AvgIpc) is 2.38. The smallest absolute Gasteiger partial charge is 0.136 e. The van der Waals surface area contributed by atoms with Crippen molar-refractivity contribution in [2.45, 2.75) is 73.1 Å². The minimum absolute atomic E-state index is 0.258. The van der Waals surface area contributed by atoms with E-state index >= 15 is 0 Å². The van der Waals surface area contributed by atoms with Crippen LogP contribution in [0.25, 0.3) is 0 Å². The van der Waals surface area contributed by atoms with Crippen LogP contribution in [-0.2, 0) is 9.53 Å². The quantitative estimate of drug-likeness (QED) is 0.498. The van der Waals surface area contributed by atoms with Crippen molar-refractivity contribution < 1.29 is 9.53 Å². The topological polar surface area (TPSA) is 26.3 Å². The van der Waals surface area contributed by atoms with Crippen LogP contribution in [0.1, 0.15) is 73.1 Å². The zero-order chi connectivity index (χ0) is 15.5. The van der Waals surface area contributed by atoms with E-state index in [1.165, 1.54) is 12.8 Å². The fourth-order valence-electron chi connectivity index (χ4n) is 2.82. The number of hydrogen-bond donors (Lipinski definition) is 0. The van der Waals surface area contributed by atoms with E-state index in [9.17, 15) is 4.79 Å². The molecule has 0 aliphatic heterocycles. The molecule has 2 nitrogen and oxygen atoms in total. The van der Waals surface area contributed by atoms with Crippen molar-refractivity contribution in [3.05, 3.63) is 0 Å². The molecule has 0 aliphatic rings. The molecule has 0 amide bonds. The number of Topliss-reactive ketones (excluding diaryl/α,β-unsaturated/α-hetero) is 1. The van der Waals surface area contributed by atoms with Gasteiger partial charge in [-0.2, -0.15) is 0 Å². The van der Waals surface area contributed by atoms with Gasteiger partial charge in [0.1, 0.15) is 5.78 Å².